The van der Waals surface area contributed by atoms with Crippen molar-refractivity contribution in [1.82, 2.24) is 5.32 Å². The van der Waals surface area contributed by atoms with E-state index in [0.29, 0.717) is 6.04 Å². The van der Waals surface area contributed by atoms with E-state index >= 15 is 0 Å². The second kappa shape index (κ2) is 3.35. The molecule has 0 aromatic rings. The normalized spacial score (nSPS) is 46.5. The maximum atomic E-state index is 9.08. The van der Waals surface area contributed by atoms with Gasteiger partial charge in [-0.25, -0.2) is 0 Å². The molecular weight excluding hydrogens is 150 g/mol. The summed E-state index contributed by atoms with van der Waals surface area (Å²) in [5, 5.41) is 12.7. The molecule has 0 heterocycles. The Morgan fingerprint density at radius 1 is 1.17 bits per heavy atom. The zero-order valence-corrected chi connectivity index (χ0v) is 7.79. The van der Waals surface area contributed by atoms with Gasteiger partial charge in [0.15, 0.2) is 0 Å². The highest BCUT2D eigenvalue weighted by molar-refractivity contribution is 4.92. The van der Waals surface area contributed by atoms with Crippen LogP contribution in [-0.4, -0.2) is 23.3 Å². The van der Waals surface area contributed by atoms with Crippen molar-refractivity contribution in [2.75, 3.05) is 0 Å². The summed E-state index contributed by atoms with van der Waals surface area (Å²) in [6.07, 6.45) is 6.02. The highest BCUT2D eigenvalue weighted by Crippen LogP contribution is 2.32. The number of aliphatic hydroxyl groups excluding tert-OH is 1. The summed E-state index contributed by atoms with van der Waals surface area (Å²) in [5.41, 5.74) is 0. The Morgan fingerprint density at radius 2 is 1.75 bits per heavy atom. The molecule has 0 aromatic carbocycles. The van der Waals surface area contributed by atoms with Crippen LogP contribution in [0, 0.1) is 5.92 Å². The number of rotatable bonds is 3. The molecule has 2 N–H and O–H groups in total. The quantitative estimate of drug-likeness (QED) is 0.667. The second-order valence-electron chi connectivity index (χ2n) is 4.43. The van der Waals surface area contributed by atoms with Crippen molar-refractivity contribution in [3.8, 4) is 0 Å². The number of hydrogen-bond acceptors (Lipinski definition) is 2. The van der Waals surface area contributed by atoms with Gasteiger partial charge in [0.2, 0.25) is 0 Å². The van der Waals surface area contributed by atoms with Crippen molar-refractivity contribution < 1.29 is 5.11 Å². The zero-order valence-electron chi connectivity index (χ0n) is 7.79. The van der Waals surface area contributed by atoms with Crippen LogP contribution in [0.15, 0.2) is 0 Å². The summed E-state index contributed by atoms with van der Waals surface area (Å²) in [6, 6.07) is 1.40. The Kier molecular flexibility index (Phi) is 2.37. The van der Waals surface area contributed by atoms with Crippen LogP contribution in [0.3, 0.4) is 0 Å². The molecule has 0 unspecified atom stereocenters. The minimum atomic E-state index is -0.00968. The summed E-state index contributed by atoms with van der Waals surface area (Å²) in [7, 11) is 0. The summed E-state index contributed by atoms with van der Waals surface area (Å²) in [4.78, 5) is 0. The first-order valence-electron chi connectivity index (χ1n) is 5.22. The van der Waals surface area contributed by atoms with Crippen LogP contribution in [0.2, 0.25) is 0 Å². The fourth-order valence-electron chi connectivity index (χ4n) is 2.26. The average molecular weight is 169 g/mol. The predicted molar refractivity (Wildman–Crippen MR) is 49.0 cm³/mol. The summed E-state index contributed by atoms with van der Waals surface area (Å²) in [5.74, 6) is 0.979. The minimum absolute atomic E-state index is 0.00968. The van der Waals surface area contributed by atoms with Gasteiger partial charge in [-0.2, -0.15) is 0 Å². The molecule has 2 aliphatic rings. The van der Waals surface area contributed by atoms with Gasteiger partial charge < -0.3 is 10.4 Å². The van der Waals surface area contributed by atoms with Crippen molar-refractivity contribution in [2.24, 2.45) is 5.92 Å². The van der Waals surface area contributed by atoms with Crippen molar-refractivity contribution in [2.45, 2.75) is 57.2 Å². The molecule has 0 amide bonds. The van der Waals surface area contributed by atoms with Crippen LogP contribution >= 0.6 is 0 Å². The van der Waals surface area contributed by atoms with E-state index in [1.165, 1.54) is 19.3 Å². The molecule has 0 atom stereocenters. The summed E-state index contributed by atoms with van der Waals surface area (Å²) >= 11 is 0. The molecule has 2 aliphatic carbocycles. The first kappa shape index (κ1) is 8.52. The van der Waals surface area contributed by atoms with Gasteiger partial charge in [-0.3, -0.25) is 0 Å². The number of aliphatic hydroxyl groups is 1. The summed E-state index contributed by atoms with van der Waals surface area (Å²) in [6.45, 7) is 2.27. The molecule has 0 aromatic heterocycles. The lowest BCUT2D eigenvalue weighted by atomic mass is 9.77. The van der Waals surface area contributed by atoms with Gasteiger partial charge in [0.25, 0.3) is 0 Å². The van der Waals surface area contributed by atoms with Crippen LogP contribution in [0.4, 0.5) is 0 Å². The maximum absolute atomic E-state index is 9.08. The zero-order chi connectivity index (χ0) is 8.55. The average Bonchev–Trinajstić information content (AvgIpc) is 1.91. The Morgan fingerprint density at radius 3 is 2.25 bits per heavy atom. The largest absolute Gasteiger partial charge is 0.393 e. The first-order chi connectivity index (χ1) is 5.78. The van der Waals surface area contributed by atoms with Crippen molar-refractivity contribution in [1.29, 1.82) is 0 Å². The Balaban J connectivity index is 1.58. The number of nitrogens with one attached hydrogen (secondary N) is 1. The Hall–Kier alpha value is -0.0800. The fraction of sp³-hybridized carbons (Fsp3) is 1.00. The van der Waals surface area contributed by atoms with E-state index in [0.717, 1.165) is 24.8 Å². The first-order valence-corrected chi connectivity index (χ1v) is 5.22. The fourth-order valence-corrected chi connectivity index (χ4v) is 2.26. The van der Waals surface area contributed by atoms with Crippen LogP contribution in [-0.2, 0) is 0 Å². The van der Waals surface area contributed by atoms with E-state index < -0.39 is 0 Å². The van der Waals surface area contributed by atoms with Crippen LogP contribution in [0.25, 0.3) is 0 Å². The topological polar surface area (TPSA) is 32.3 Å². The number of hydrogen-bond donors (Lipinski definition) is 2. The molecule has 2 heteroatoms. The van der Waals surface area contributed by atoms with Gasteiger partial charge in [0, 0.05) is 12.1 Å². The van der Waals surface area contributed by atoms with Crippen LogP contribution < -0.4 is 5.32 Å². The lowest BCUT2D eigenvalue weighted by Crippen LogP contribution is -2.52. The van der Waals surface area contributed by atoms with E-state index in [1.807, 2.05) is 0 Å². The predicted octanol–water partition coefficient (Wildman–Crippen LogP) is 1.29. The standard InChI is InChI=1S/C10H19NO/c1-2-7-3-8(4-7)11-9-5-10(12)6-9/h7-12H,2-6H2,1H3. The third-order valence-electron chi connectivity index (χ3n) is 3.40. The highest BCUT2D eigenvalue weighted by atomic mass is 16.3. The molecule has 0 aliphatic heterocycles. The molecule has 12 heavy (non-hydrogen) atoms. The smallest absolute Gasteiger partial charge is 0.0570 e. The van der Waals surface area contributed by atoms with Crippen molar-refractivity contribution >= 4 is 0 Å². The maximum Gasteiger partial charge on any atom is 0.0570 e. The van der Waals surface area contributed by atoms with Gasteiger partial charge in [-0.1, -0.05) is 13.3 Å². The van der Waals surface area contributed by atoms with Gasteiger partial charge >= 0.3 is 0 Å². The van der Waals surface area contributed by atoms with Gasteiger partial charge in [-0.05, 0) is 31.6 Å². The van der Waals surface area contributed by atoms with E-state index in [2.05, 4.69) is 12.2 Å². The monoisotopic (exact) mass is 169 g/mol. The highest BCUT2D eigenvalue weighted by Gasteiger charge is 2.33. The van der Waals surface area contributed by atoms with Gasteiger partial charge in [0.05, 0.1) is 6.10 Å². The van der Waals surface area contributed by atoms with Crippen LogP contribution in [0.5, 0.6) is 0 Å². The molecule has 2 nitrogen and oxygen atoms in total. The van der Waals surface area contributed by atoms with E-state index in [4.69, 9.17) is 5.11 Å². The molecule has 0 radical (unpaired) electrons. The molecular formula is C10H19NO. The van der Waals surface area contributed by atoms with Gasteiger partial charge in [0.1, 0.15) is 0 Å². The SMILES string of the molecule is CCC1CC(NC2CC(O)C2)C1. The molecule has 2 rings (SSSR count). The third kappa shape index (κ3) is 1.64. The molecule has 0 spiro atoms. The third-order valence-corrected chi connectivity index (χ3v) is 3.40. The second-order valence-corrected chi connectivity index (χ2v) is 4.43. The molecule has 2 fully saturated rings. The van der Waals surface area contributed by atoms with Crippen molar-refractivity contribution in [3.05, 3.63) is 0 Å². The Bertz CT molecular complexity index is 148. The lowest BCUT2D eigenvalue weighted by Gasteiger charge is -2.42. The molecule has 2 saturated carbocycles. The van der Waals surface area contributed by atoms with E-state index in [1.54, 1.807) is 0 Å². The Labute approximate surface area is 74.4 Å². The van der Waals surface area contributed by atoms with E-state index in [9.17, 15) is 0 Å². The summed E-state index contributed by atoms with van der Waals surface area (Å²) < 4.78 is 0. The minimum Gasteiger partial charge on any atom is -0.393 e. The van der Waals surface area contributed by atoms with Crippen molar-refractivity contribution in [3.63, 3.8) is 0 Å². The van der Waals surface area contributed by atoms with Crippen LogP contribution in [0.1, 0.15) is 39.0 Å². The molecule has 0 bridgehead atoms. The molecule has 0 saturated heterocycles. The molecule has 70 valence electrons. The van der Waals surface area contributed by atoms with E-state index in [-0.39, 0.29) is 6.10 Å². The van der Waals surface area contributed by atoms with Gasteiger partial charge in [-0.15, -0.1) is 0 Å². The lowest BCUT2D eigenvalue weighted by molar-refractivity contribution is 0.0462.